The maximum Gasteiger partial charge on any atom is 0.254 e. The molecule has 1 aliphatic heterocycles. The molecule has 9 heteroatoms. The van der Waals surface area contributed by atoms with Crippen molar-refractivity contribution in [2.45, 2.75) is 26.7 Å². The van der Waals surface area contributed by atoms with Crippen molar-refractivity contribution in [1.82, 2.24) is 19.9 Å². The number of nitrogens with one attached hydrogen (secondary N) is 2. The highest BCUT2D eigenvalue weighted by Crippen LogP contribution is 2.24. The number of anilines is 2. The molecule has 1 fully saturated rings. The van der Waals surface area contributed by atoms with Crippen LogP contribution in [0.5, 0.6) is 0 Å². The van der Waals surface area contributed by atoms with E-state index in [4.69, 9.17) is 11.6 Å². The number of carbonyl (C=O) groups is 1. The maximum atomic E-state index is 12.5. The van der Waals surface area contributed by atoms with E-state index < -0.39 is 0 Å². The van der Waals surface area contributed by atoms with E-state index in [0.29, 0.717) is 27.9 Å². The van der Waals surface area contributed by atoms with Crippen molar-refractivity contribution in [2.75, 3.05) is 23.3 Å². The highest BCUT2D eigenvalue weighted by molar-refractivity contribution is 6.30. The summed E-state index contributed by atoms with van der Waals surface area (Å²) in [6.45, 7) is 5.04. The second-order valence-electron chi connectivity index (χ2n) is 7.64. The minimum atomic E-state index is -0.138. The van der Waals surface area contributed by atoms with Crippen molar-refractivity contribution < 1.29 is 4.79 Å². The Bertz CT molecular complexity index is 1140. The van der Waals surface area contributed by atoms with Gasteiger partial charge in [0.2, 0.25) is 5.91 Å². The predicted octanol–water partition coefficient (Wildman–Crippen LogP) is 3.35. The van der Waals surface area contributed by atoms with E-state index in [-0.39, 0.29) is 17.4 Å². The molecule has 0 saturated carbocycles. The quantitative estimate of drug-likeness (QED) is 0.647. The zero-order valence-corrected chi connectivity index (χ0v) is 18.1. The molecule has 3 aromatic heterocycles. The average molecular weight is 439 g/mol. The molecule has 0 aromatic carbocycles. The number of piperidine rings is 1. The van der Waals surface area contributed by atoms with Crippen molar-refractivity contribution in [3.63, 3.8) is 0 Å². The molecule has 0 spiro atoms. The topological polar surface area (TPSA) is 104 Å². The Morgan fingerprint density at radius 2 is 1.90 bits per heavy atom. The standard InChI is InChI=1S/C22H23ClN6O2/c1-13-14(2)26-20(28-21(13)30)16-3-6-19(25-11-16)29-9-7-15(8-10-29)22(31)27-18-5-4-17(23)12-24-18/h3-6,11-12,15H,7-10H2,1-2H3,(H,24,27,31)(H,26,28,30). The number of aryl methyl sites for hydroxylation is 1. The van der Waals surface area contributed by atoms with Gasteiger partial charge < -0.3 is 15.2 Å². The number of hydrogen-bond donors (Lipinski definition) is 2. The van der Waals surface area contributed by atoms with Crippen LogP contribution in [-0.4, -0.2) is 38.9 Å². The third-order valence-corrected chi connectivity index (χ3v) is 5.81. The van der Waals surface area contributed by atoms with Crippen LogP contribution in [0.1, 0.15) is 24.1 Å². The monoisotopic (exact) mass is 438 g/mol. The second kappa shape index (κ2) is 8.85. The number of rotatable bonds is 4. The Morgan fingerprint density at radius 3 is 2.52 bits per heavy atom. The van der Waals surface area contributed by atoms with E-state index in [1.807, 2.05) is 19.1 Å². The summed E-state index contributed by atoms with van der Waals surface area (Å²) in [6, 6.07) is 7.21. The van der Waals surface area contributed by atoms with Gasteiger partial charge in [0.05, 0.1) is 5.02 Å². The summed E-state index contributed by atoms with van der Waals surface area (Å²) >= 11 is 5.83. The van der Waals surface area contributed by atoms with E-state index in [1.165, 1.54) is 6.20 Å². The van der Waals surface area contributed by atoms with Gasteiger partial charge in [0.15, 0.2) is 0 Å². The fraction of sp³-hybridized carbons (Fsp3) is 0.318. The lowest BCUT2D eigenvalue weighted by Gasteiger charge is -2.32. The van der Waals surface area contributed by atoms with Gasteiger partial charge in [-0.15, -0.1) is 0 Å². The minimum Gasteiger partial charge on any atom is -0.357 e. The molecule has 160 valence electrons. The molecule has 1 saturated heterocycles. The van der Waals surface area contributed by atoms with Gasteiger partial charge in [-0.25, -0.2) is 15.0 Å². The molecule has 3 aromatic rings. The van der Waals surface area contributed by atoms with Crippen LogP contribution in [-0.2, 0) is 4.79 Å². The normalized spacial score (nSPS) is 14.5. The molecule has 1 aliphatic rings. The van der Waals surface area contributed by atoms with Crippen LogP contribution in [0.3, 0.4) is 0 Å². The van der Waals surface area contributed by atoms with Gasteiger partial charge in [-0.2, -0.15) is 0 Å². The molecule has 0 aliphatic carbocycles. The van der Waals surface area contributed by atoms with Gasteiger partial charge in [-0.05, 0) is 51.0 Å². The molecule has 4 rings (SSSR count). The first kappa shape index (κ1) is 21.0. The van der Waals surface area contributed by atoms with Crippen molar-refractivity contribution in [1.29, 1.82) is 0 Å². The van der Waals surface area contributed by atoms with Gasteiger partial charge in [-0.3, -0.25) is 9.59 Å². The van der Waals surface area contributed by atoms with E-state index in [2.05, 4.69) is 30.2 Å². The summed E-state index contributed by atoms with van der Waals surface area (Å²) < 4.78 is 0. The molecule has 8 nitrogen and oxygen atoms in total. The van der Waals surface area contributed by atoms with Crippen LogP contribution in [0.4, 0.5) is 11.6 Å². The summed E-state index contributed by atoms with van der Waals surface area (Å²) in [5.74, 6) is 1.76. The number of pyridine rings is 2. The van der Waals surface area contributed by atoms with E-state index in [1.54, 1.807) is 25.3 Å². The zero-order chi connectivity index (χ0) is 22.0. The lowest BCUT2D eigenvalue weighted by Crippen LogP contribution is -2.38. The van der Waals surface area contributed by atoms with Gasteiger partial charge in [0.1, 0.15) is 17.5 Å². The van der Waals surface area contributed by atoms with Gasteiger partial charge in [0, 0.05) is 48.2 Å². The summed E-state index contributed by atoms with van der Waals surface area (Å²) in [5, 5.41) is 3.39. The minimum absolute atomic E-state index is 0.0254. The summed E-state index contributed by atoms with van der Waals surface area (Å²) in [7, 11) is 0. The molecule has 4 heterocycles. The first-order valence-corrected chi connectivity index (χ1v) is 10.5. The number of carbonyl (C=O) groups excluding carboxylic acids is 1. The third-order valence-electron chi connectivity index (χ3n) is 5.58. The number of hydrogen-bond acceptors (Lipinski definition) is 6. The molecule has 0 atom stereocenters. The SMILES string of the molecule is Cc1nc(-c2ccc(N3CCC(C(=O)Nc4ccc(Cl)cn4)CC3)nc2)[nH]c(=O)c1C. The number of H-pyrrole nitrogens is 1. The molecule has 2 N–H and O–H groups in total. The van der Waals surface area contributed by atoms with Gasteiger partial charge in [-0.1, -0.05) is 11.6 Å². The van der Waals surface area contributed by atoms with Crippen LogP contribution in [0, 0.1) is 19.8 Å². The van der Waals surface area contributed by atoms with Crippen LogP contribution in [0.25, 0.3) is 11.4 Å². The number of amides is 1. The predicted molar refractivity (Wildman–Crippen MR) is 120 cm³/mol. The first-order chi connectivity index (χ1) is 14.9. The molecule has 0 bridgehead atoms. The Kier molecular flexibility index (Phi) is 5.99. The van der Waals surface area contributed by atoms with Crippen molar-refractivity contribution >= 4 is 29.1 Å². The largest absolute Gasteiger partial charge is 0.357 e. The summed E-state index contributed by atoms with van der Waals surface area (Å²) in [4.78, 5) is 42.6. The van der Waals surface area contributed by atoms with Crippen LogP contribution >= 0.6 is 11.6 Å². The van der Waals surface area contributed by atoms with Crippen LogP contribution < -0.4 is 15.8 Å². The maximum absolute atomic E-state index is 12.5. The molecular formula is C22H23ClN6O2. The second-order valence-corrected chi connectivity index (χ2v) is 8.08. The Morgan fingerprint density at radius 1 is 1.13 bits per heavy atom. The number of aromatic amines is 1. The highest BCUT2D eigenvalue weighted by Gasteiger charge is 2.26. The average Bonchev–Trinajstić information content (AvgIpc) is 2.79. The van der Waals surface area contributed by atoms with Gasteiger partial charge in [0.25, 0.3) is 5.56 Å². The zero-order valence-electron chi connectivity index (χ0n) is 17.4. The Balaban J connectivity index is 1.37. The first-order valence-electron chi connectivity index (χ1n) is 10.1. The lowest BCUT2D eigenvalue weighted by atomic mass is 9.96. The lowest BCUT2D eigenvalue weighted by molar-refractivity contribution is -0.120. The van der Waals surface area contributed by atoms with Crippen molar-refractivity contribution in [3.8, 4) is 11.4 Å². The number of halogens is 1. The molecule has 31 heavy (non-hydrogen) atoms. The van der Waals surface area contributed by atoms with E-state index in [0.717, 1.165) is 37.3 Å². The summed E-state index contributed by atoms with van der Waals surface area (Å²) in [6.07, 6.45) is 4.69. The Labute approximate surface area is 184 Å². The smallest absolute Gasteiger partial charge is 0.254 e. The van der Waals surface area contributed by atoms with Crippen LogP contribution in [0.15, 0.2) is 41.5 Å². The fourth-order valence-electron chi connectivity index (χ4n) is 3.54. The number of nitrogens with zero attached hydrogens (tertiary/aromatic N) is 4. The van der Waals surface area contributed by atoms with E-state index in [9.17, 15) is 9.59 Å². The summed E-state index contributed by atoms with van der Waals surface area (Å²) in [5.41, 5.74) is 1.94. The van der Waals surface area contributed by atoms with Crippen molar-refractivity contribution in [2.24, 2.45) is 5.92 Å². The van der Waals surface area contributed by atoms with Crippen molar-refractivity contribution in [3.05, 3.63) is 63.3 Å². The molecular weight excluding hydrogens is 416 g/mol. The molecule has 0 unspecified atom stereocenters. The van der Waals surface area contributed by atoms with Crippen LogP contribution in [0.2, 0.25) is 5.02 Å². The Hall–Kier alpha value is -3.26. The fourth-order valence-corrected chi connectivity index (χ4v) is 3.66. The molecule has 0 radical (unpaired) electrons. The van der Waals surface area contributed by atoms with E-state index >= 15 is 0 Å². The molecule has 1 amide bonds. The number of aromatic nitrogens is 4. The highest BCUT2D eigenvalue weighted by atomic mass is 35.5. The third kappa shape index (κ3) is 4.74. The van der Waals surface area contributed by atoms with Gasteiger partial charge >= 0.3 is 0 Å².